The lowest BCUT2D eigenvalue weighted by atomic mass is 9.97. The second kappa shape index (κ2) is 2.94. The maximum absolute atomic E-state index is 5.76. The number of halogens is 1. The minimum absolute atomic E-state index is 0.820. The van der Waals surface area contributed by atoms with Gasteiger partial charge in [-0.1, -0.05) is 18.2 Å². The van der Waals surface area contributed by atoms with Crippen LogP contribution < -0.4 is 5.73 Å². The molecule has 0 atom stereocenters. The summed E-state index contributed by atoms with van der Waals surface area (Å²) < 4.78 is 1.04. The zero-order chi connectivity index (χ0) is 8.55. The van der Waals surface area contributed by atoms with E-state index in [4.69, 9.17) is 5.73 Å². The van der Waals surface area contributed by atoms with Crippen molar-refractivity contribution in [3.63, 3.8) is 0 Å². The van der Waals surface area contributed by atoms with E-state index in [-0.39, 0.29) is 0 Å². The average molecular weight is 224 g/mol. The fourth-order valence-corrected chi connectivity index (χ4v) is 2.01. The topological polar surface area (TPSA) is 26.0 Å². The fourth-order valence-electron chi connectivity index (χ4n) is 1.49. The molecule has 0 unspecified atom stereocenters. The van der Waals surface area contributed by atoms with Crippen molar-refractivity contribution in [3.8, 4) is 0 Å². The summed E-state index contributed by atoms with van der Waals surface area (Å²) in [5.41, 5.74) is 9.22. The normalized spacial score (nSPS) is 14.4. The van der Waals surface area contributed by atoms with Crippen molar-refractivity contribution in [2.75, 3.05) is 5.73 Å². The highest BCUT2D eigenvalue weighted by atomic mass is 79.9. The Morgan fingerprint density at radius 3 is 3.00 bits per heavy atom. The van der Waals surface area contributed by atoms with Gasteiger partial charge in [0.15, 0.2) is 0 Å². The van der Waals surface area contributed by atoms with Crippen molar-refractivity contribution in [3.05, 3.63) is 33.8 Å². The van der Waals surface area contributed by atoms with Crippen molar-refractivity contribution < 1.29 is 0 Å². The van der Waals surface area contributed by atoms with Gasteiger partial charge in [0.25, 0.3) is 0 Å². The van der Waals surface area contributed by atoms with Gasteiger partial charge in [0.1, 0.15) is 0 Å². The SMILES string of the molecule is Nc1ccc2c(c1Br)C=CCC2. The van der Waals surface area contributed by atoms with Gasteiger partial charge >= 0.3 is 0 Å². The molecule has 1 aromatic rings. The lowest BCUT2D eigenvalue weighted by Crippen LogP contribution is -1.97. The summed E-state index contributed by atoms with van der Waals surface area (Å²) in [6.45, 7) is 0. The van der Waals surface area contributed by atoms with Crippen LogP contribution in [0.25, 0.3) is 6.08 Å². The molecule has 1 aliphatic rings. The molecule has 0 heterocycles. The predicted octanol–water partition coefficient (Wildman–Crippen LogP) is 2.99. The van der Waals surface area contributed by atoms with Gasteiger partial charge in [-0.3, -0.25) is 0 Å². The van der Waals surface area contributed by atoms with Gasteiger partial charge in [0.05, 0.1) is 0 Å². The molecule has 62 valence electrons. The van der Waals surface area contributed by atoms with Gasteiger partial charge in [-0.15, -0.1) is 0 Å². The van der Waals surface area contributed by atoms with Crippen molar-refractivity contribution in [1.82, 2.24) is 0 Å². The van der Waals surface area contributed by atoms with Crippen LogP contribution >= 0.6 is 15.9 Å². The molecule has 12 heavy (non-hydrogen) atoms. The minimum atomic E-state index is 0.820. The molecule has 0 aliphatic heterocycles. The number of fused-ring (bicyclic) bond motifs is 1. The highest BCUT2D eigenvalue weighted by Gasteiger charge is 2.09. The molecule has 0 bridgehead atoms. The quantitative estimate of drug-likeness (QED) is 0.673. The molecule has 1 nitrogen and oxygen atoms in total. The Morgan fingerprint density at radius 1 is 1.33 bits per heavy atom. The molecule has 0 radical (unpaired) electrons. The Labute approximate surface area is 80.4 Å². The Kier molecular flexibility index (Phi) is 1.93. The van der Waals surface area contributed by atoms with E-state index < -0.39 is 0 Å². The zero-order valence-electron chi connectivity index (χ0n) is 6.68. The highest BCUT2D eigenvalue weighted by Crippen LogP contribution is 2.31. The molecular weight excluding hydrogens is 214 g/mol. The van der Waals surface area contributed by atoms with E-state index in [0.29, 0.717) is 0 Å². The molecule has 0 fully saturated rings. The van der Waals surface area contributed by atoms with Crippen LogP contribution in [-0.4, -0.2) is 0 Å². The lowest BCUT2D eigenvalue weighted by Gasteiger charge is -2.12. The van der Waals surface area contributed by atoms with Crippen molar-refractivity contribution >= 4 is 27.7 Å². The molecule has 2 heteroatoms. The summed E-state index contributed by atoms with van der Waals surface area (Å²) in [4.78, 5) is 0. The van der Waals surface area contributed by atoms with E-state index in [1.807, 2.05) is 6.07 Å². The first-order valence-electron chi connectivity index (χ1n) is 4.02. The molecule has 0 saturated carbocycles. The number of hydrogen-bond acceptors (Lipinski definition) is 1. The standard InChI is InChI=1S/C10H10BrN/c11-10-8-4-2-1-3-7(8)5-6-9(10)12/h2,4-6H,1,3,12H2. The smallest absolute Gasteiger partial charge is 0.0479 e. The Balaban J connectivity index is 2.64. The van der Waals surface area contributed by atoms with Crippen LogP contribution in [0.1, 0.15) is 17.5 Å². The molecule has 2 N–H and O–H groups in total. The highest BCUT2D eigenvalue weighted by molar-refractivity contribution is 9.10. The Bertz CT molecular complexity index is 342. The summed E-state index contributed by atoms with van der Waals surface area (Å²) >= 11 is 3.49. The molecule has 1 aromatic carbocycles. The lowest BCUT2D eigenvalue weighted by molar-refractivity contribution is 0.984. The van der Waals surface area contributed by atoms with Crippen molar-refractivity contribution in [2.24, 2.45) is 0 Å². The fraction of sp³-hybridized carbons (Fsp3) is 0.200. The van der Waals surface area contributed by atoms with Crippen LogP contribution in [-0.2, 0) is 6.42 Å². The summed E-state index contributed by atoms with van der Waals surface area (Å²) in [5, 5.41) is 0. The molecule has 0 amide bonds. The van der Waals surface area contributed by atoms with Crippen molar-refractivity contribution in [1.29, 1.82) is 0 Å². The van der Waals surface area contributed by atoms with Crippen LogP contribution in [0.2, 0.25) is 0 Å². The van der Waals surface area contributed by atoms with Gasteiger partial charge in [0, 0.05) is 10.2 Å². The summed E-state index contributed by atoms with van der Waals surface area (Å²) in [6.07, 6.45) is 6.60. The third-order valence-corrected chi connectivity index (χ3v) is 3.05. The Morgan fingerprint density at radius 2 is 2.17 bits per heavy atom. The second-order valence-corrected chi connectivity index (χ2v) is 3.78. The number of rotatable bonds is 0. The number of nitrogen functional groups attached to an aromatic ring is 1. The van der Waals surface area contributed by atoms with E-state index in [2.05, 4.69) is 34.1 Å². The first-order chi connectivity index (χ1) is 5.79. The van der Waals surface area contributed by atoms with Crippen LogP contribution in [0.15, 0.2) is 22.7 Å². The predicted molar refractivity (Wildman–Crippen MR) is 55.9 cm³/mol. The van der Waals surface area contributed by atoms with Gasteiger partial charge in [0.2, 0.25) is 0 Å². The number of anilines is 1. The van der Waals surface area contributed by atoms with Crippen LogP contribution in [0.4, 0.5) is 5.69 Å². The van der Waals surface area contributed by atoms with E-state index in [1.54, 1.807) is 0 Å². The summed E-state index contributed by atoms with van der Waals surface area (Å²) in [5.74, 6) is 0. The first kappa shape index (κ1) is 7.87. The third kappa shape index (κ3) is 1.16. The van der Waals surface area contributed by atoms with Gasteiger partial charge < -0.3 is 5.73 Å². The number of benzene rings is 1. The van der Waals surface area contributed by atoms with Crippen LogP contribution in [0.3, 0.4) is 0 Å². The molecular formula is C10H10BrN. The number of hydrogen-bond donors (Lipinski definition) is 1. The van der Waals surface area contributed by atoms with E-state index >= 15 is 0 Å². The van der Waals surface area contributed by atoms with Gasteiger partial charge in [-0.25, -0.2) is 0 Å². The van der Waals surface area contributed by atoms with E-state index in [0.717, 1.165) is 23.0 Å². The monoisotopic (exact) mass is 223 g/mol. The summed E-state index contributed by atoms with van der Waals surface area (Å²) in [6, 6.07) is 4.07. The molecule has 1 aliphatic carbocycles. The number of aryl methyl sites for hydroxylation is 1. The Hall–Kier alpha value is -0.760. The average Bonchev–Trinajstić information content (AvgIpc) is 2.12. The maximum atomic E-state index is 5.76. The van der Waals surface area contributed by atoms with Crippen molar-refractivity contribution in [2.45, 2.75) is 12.8 Å². The number of nitrogens with two attached hydrogens (primary N) is 1. The zero-order valence-corrected chi connectivity index (χ0v) is 8.26. The minimum Gasteiger partial charge on any atom is -0.398 e. The van der Waals surface area contributed by atoms with Gasteiger partial charge in [-0.2, -0.15) is 0 Å². The summed E-state index contributed by atoms with van der Waals surface area (Å²) in [7, 11) is 0. The molecule has 0 spiro atoms. The van der Waals surface area contributed by atoms with Crippen LogP contribution in [0, 0.1) is 0 Å². The maximum Gasteiger partial charge on any atom is 0.0479 e. The molecule has 2 rings (SSSR count). The van der Waals surface area contributed by atoms with Gasteiger partial charge in [-0.05, 0) is 46.0 Å². The molecule has 0 aromatic heterocycles. The molecule has 0 saturated heterocycles. The largest absolute Gasteiger partial charge is 0.398 e. The second-order valence-electron chi connectivity index (χ2n) is 2.98. The first-order valence-corrected chi connectivity index (χ1v) is 4.82. The van der Waals surface area contributed by atoms with E-state index in [9.17, 15) is 0 Å². The number of allylic oxidation sites excluding steroid dienone is 1. The third-order valence-electron chi connectivity index (χ3n) is 2.16. The van der Waals surface area contributed by atoms with Crippen LogP contribution in [0.5, 0.6) is 0 Å². The van der Waals surface area contributed by atoms with E-state index in [1.165, 1.54) is 11.1 Å².